The fraction of sp³-hybridized carbons (Fsp3) is 0.259. The molecule has 2 aromatic carbocycles. The van der Waals surface area contributed by atoms with Gasteiger partial charge in [0, 0.05) is 32.4 Å². The van der Waals surface area contributed by atoms with E-state index < -0.39 is 0 Å². The van der Waals surface area contributed by atoms with Gasteiger partial charge < -0.3 is 4.90 Å². The van der Waals surface area contributed by atoms with Gasteiger partial charge in [-0.1, -0.05) is 73.7 Å². The molecule has 5 heteroatoms. The maximum Gasteiger partial charge on any atom is 0.272 e. The molecule has 0 N–H and O–H groups in total. The Morgan fingerprint density at radius 2 is 1.44 bits per heavy atom. The Labute approximate surface area is 188 Å². The second kappa shape index (κ2) is 8.97. The fourth-order valence-corrected chi connectivity index (χ4v) is 4.74. The van der Waals surface area contributed by atoms with Crippen molar-refractivity contribution >= 4 is 11.6 Å². The van der Waals surface area contributed by atoms with Gasteiger partial charge in [-0.3, -0.25) is 14.1 Å². The average Bonchev–Trinajstić information content (AvgIpc) is 3.24. The van der Waals surface area contributed by atoms with Crippen molar-refractivity contribution in [2.75, 3.05) is 26.2 Å². The summed E-state index contributed by atoms with van der Waals surface area (Å²) in [6.07, 6.45) is 2.68. The lowest BCUT2D eigenvalue weighted by molar-refractivity contribution is 0.0589. The molecule has 32 heavy (non-hydrogen) atoms. The standard InChI is InChI=1S/C27H28N4O/c1-2-23-26(31-16-10-9-15-24(31)28-23)27(32)30-19-17-29(18-20-30)25(21-11-5-3-6-12-21)22-13-7-4-8-14-22/h3-16,25H,2,17-20H2,1H3. The number of amides is 1. The fourth-order valence-electron chi connectivity index (χ4n) is 4.74. The minimum Gasteiger partial charge on any atom is -0.335 e. The molecule has 162 valence electrons. The van der Waals surface area contributed by atoms with E-state index in [0.29, 0.717) is 18.8 Å². The van der Waals surface area contributed by atoms with Crippen LogP contribution in [0, 0.1) is 0 Å². The van der Waals surface area contributed by atoms with Crippen molar-refractivity contribution in [3.63, 3.8) is 0 Å². The Balaban J connectivity index is 1.38. The molecule has 1 amide bonds. The zero-order chi connectivity index (χ0) is 21.9. The molecule has 5 nitrogen and oxygen atoms in total. The number of benzene rings is 2. The first kappa shape index (κ1) is 20.5. The van der Waals surface area contributed by atoms with E-state index in [0.717, 1.165) is 30.9 Å². The predicted octanol–water partition coefficient (Wildman–Crippen LogP) is 4.44. The van der Waals surface area contributed by atoms with Crippen LogP contribution in [0.2, 0.25) is 0 Å². The molecular weight excluding hydrogens is 396 g/mol. The van der Waals surface area contributed by atoms with Crippen molar-refractivity contribution in [2.24, 2.45) is 0 Å². The van der Waals surface area contributed by atoms with Crippen molar-refractivity contribution < 1.29 is 4.79 Å². The summed E-state index contributed by atoms with van der Waals surface area (Å²) in [6.45, 7) is 5.13. The molecule has 0 aliphatic carbocycles. The number of aromatic nitrogens is 2. The van der Waals surface area contributed by atoms with Gasteiger partial charge in [-0.2, -0.15) is 0 Å². The van der Waals surface area contributed by atoms with Crippen molar-refractivity contribution in [3.8, 4) is 0 Å². The molecule has 1 aliphatic heterocycles. The van der Waals surface area contributed by atoms with Gasteiger partial charge in [-0.25, -0.2) is 4.98 Å². The Bertz CT molecular complexity index is 1150. The van der Waals surface area contributed by atoms with E-state index in [4.69, 9.17) is 0 Å². The molecule has 1 saturated heterocycles. The van der Waals surface area contributed by atoms with E-state index in [-0.39, 0.29) is 11.9 Å². The first-order valence-electron chi connectivity index (χ1n) is 11.4. The molecule has 0 spiro atoms. The number of imidazole rings is 1. The van der Waals surface area contributed by atoms with Crippen LogP contribution >= 0.6 is 0 Å². The molecule has 1 aliphatic rings. The van der Waals surface area contributed by atoms with Crippen molar-refractivity contribution in [1.29, 1.82) is 0 Å². The summed E-state index contributed by atoms with van der Waals surface area (Å²) in [7, 11) is 0. The Kier molecular flexibility index (Phi) is 5.73. The minimum atomic E-state index is 0.0798. The van der Waals surface area contributed by atoms with Gasteiger partial charge in [0.05, 0.1) is 11.7 Å². The number of carbonyl (C=O) groups is 1. The quantitative estimate of drug-likeness (QED) is 0.475. The molecule has 0 radical (unpaired) electrons. The smallest absolute Gasteiger partial charge is 0.272 e. The number of aryl methyl sites for hydroxylation is 1. The van der Waals surface area contributed by atoms with E-state index in [2.05, 4.69) is 77.5 Å². The minimum absolute atomic E-state index is 0.0798. The first-order valence-corrected chi connectivity index (χ1v) is 11.4. The molecule has 0 unspecified atom stereocenters. The monoisotopic (exact) mass is 424 g/mol. The van der Waals surface area contributed by atoms with Crippen LogP contribution in [-0.2, 0) is 6.42 Å². The number of hydrogen-bond acceptors (Lipinski definition) is 3. The Morgan fingerprint density at radius 1 is 0.844 bits per heavy atom. The summed E-state index contributed by atoms with van der Waals surface area (Å²) in [4.78, 5) is 22.7. The molecular formula is C27H28N4O. The van der Waals surface area contributed by atoms with Gasteiger partial charge in [-0.05, 0) is 29.7 Å². The third-order valence-electron chi connectivity index (χ3n) is 6.34. The molecule has 1 fully saturated rings. The predicted molar refractivity (Wildman–Crippen MR) is 127 cm³/mol. The Hall–Kier alpha value is -3.44. The highest BCUT2D eigenvalue weighted by Gasteiger charge is 2.30. The molecule has 4 aromatic rings. The van der Waals surface area contributed by atoms with E-state index in [1.807, 2.05) is 33.7 Å². The highest BCUT2D eigenvalue weighted by atomic mass is 16.2. The lowest BCUT2D eigenvalue weighted by Gasteiger charge is -2.39. The first-order chi connectivity index (χ1) is 15.8. The van der Waals surface area contributed by atoms with Crippen molar-refractivity contribution in [2.45, 2.75) is 19.4 Å². The summed E-state index contributed by atoms with van der Waals surface area (Å²) in [5.41, 5.74) is 4.98. The van der Waals surface area contributed by atoms with Gasteiger partial charge in [0.25, 0.3) is 5.91 Å². The zero-order valence-electron chi connectivity index (χ0n) is 18.4. The van der Waals surface area contributed by atoms with Gasteiger partial charge in [0.15, 0.2) is 0 Å². The van der Waals surface area contributed by atoms with Crippen LogP contribution in [-0.4, -0.2) is 51.3 Å². The molecule has 3 heterocycles. The van der Waals surface area contributed by atoms with Crippen LogP contribution in [0.5, 0.6) is 0 Å². The molecule has 0 bridgehead atoms. The largest absolute Gasteiger partial charge is 0.335 e. The highest BCUT2D eigenvalue weighted by molar-refractivity contribution is 5.94. The number of rotatable bonds is 5. The average molecular weight is 425 g/mol. The maximum absolute atomic E-state index is 13.5. The SMILES string of the molecule is CCc1nc2ccccn2c1C(=O)N1CCN(C(c2ccccc2)c2ccccc2)CC1. The van der Waals surface area contributed by atoms with Crippen molar-refractivity contribution in [3.05, 3.63) is 108 Å². The Morgan fingerprint density at radius 3 is 2.03 bits per heavy atom. The number of pyridine rings is 1. The second-order valence-corrected chi connectivity index (χ2v) is 8.24. The van der Waals surface area contributed by atoms with Crippen molar-refractivity contribution in [1.82, 2.24) is 19.2 Å². The van der Waals surface area contributed by atoms with E-state index in [9.17, 15) is 4.79 Å². The maximum atomic E-state index is 13.5. The molecule has 5 rings (SSSR count). The lowest BCUT2D eigenvalue weighted by Crippen LogP contribution is -2.50. The van der Waals surface area contributed by atoms with Crippen LogP contribution in [0.15, 0.2) is 85.1 Å². The number of piperazine rings is 1. The van der Waals surface area contributed by atoms with Crippen LogP contribution in [0.3, 0.4) is 0 Å². The van der Waals surface area contributed by atoms with Crippen LogP contribution in [0.4, 0.5) is 0 Å². The summed E-state index contributed by atoms with van der Waals surface area (Å²) in [5.74, 6) is 0.0798. The van der Waals surface area contributed by atoms with E-state index in [1.165, 1.54) is 11.1 Å². The van der Waals surface area contributed by atoms with Crippen LogP contribution < -0.4 is 0 Å². The van der Waals surface area contributed by atoms with E-state index in [1.54, 1.807) is 0 Å². The number of fused-ring (bicyclic) bond motifs is 1. The zero-order valence-corrected chi connectivity index (χ0v) is 18.4. The normalized spacial score (nSPS) is 14.9. The van der Waals surface area contributed by atoms with Crippen LogP contribution in [0.1, 0.15) is 40.3 Å². The summed E-state index contributed by atoms with van der Waals surface area (Å²) in [6, 6.07) is 27.4. The second-order valence-electron chi connectivity index (χ2n) is 8.24. The van der Waals surface area contributed by atoms with Gasteiger partial charge >= 0.3 is 0 Å². The number of hydrogen-bond donors (Lipinski definition) is 0. The van der Waals surface area contributed by atoms with Gasteiger partial charge in [0.2, 0.25) is 0 Å². The third kappa shape index (κ3) is 3.80. The topological polar surface area (TPSA) is 40.9 Å². The summed E-state index contributed by atoms with van der Waals surface area (Å²) >= 11 is 0. The van der Waals surface area contributed by atoms with E-state index >= 15 is 0 Å². The van der Waals surface area contributed by atoms with Crippen LogP contribution in [0.25, 0.3) is 5.65 Å². The molecule has 0 saturated carbocycles. The lowest BCUT2D eigenvalue weighted by atomic mass is 9.96. The highest BCUT2D eigenvalue weighted by Crippen LogP contribution is 2.29. The summed E-state index contributed by atoms with van der Waals surface area (Å²) in [5, 5.41) is 0. The number of carbonyl (C=O) groups excluding carboxylic acids is 1. The number of nitrogens with zero attached hydrogens (tertiary/aromatic N) is 4. The third-order valence-corrected chi connectivity index (χ3v) is 6.34. The molecule has 2 aromatic heterocycles. The summed E-state index contributed by atoms with van der Waals surface area (Å²) < 4.78 is 1.93. The molecule has 0 atom stereocenters. The van der Waals surface area contributed by atoms with Gasteiger partial charge in [-0.15, -0.1) is 0 Å². The van der Waals surface area contributed by atoms with Gasteiger partial charge in [0.1, 0.15) is 11.3 Å².